The number of aliphatic hydroxyl groups is 1. The number of aryl methyl sites for hydroxylation is 1. The maximum atomic E-state index is 10.8. The Morgan fingerprint density at radius 3 is 2.83 bits per heavy atom. The molecule has 94 valence electrons. The molecule has 2 unspecified atom stereocenters. The molecule has 0 saturated heterocycles. The number of pyridine rings is 1. The second-order valence-corrected chi connectivity index (χ2v) is 5.58. The first-order valence-corrected chi connectivity index (χ1v) is 6.70. The normalized spacial score (nSPS) is 27.8. The van der Waals surface area contributed by atoms with Crippen LogP contribution in [0.25, 0.3) is 10.9 Å². The summed E-state index contributed by atoms with van der Waals surface area (Å²) < 4.78 is 0. The van der Waals surface area contributed by atoms with E-state index >= 15 is 0 Å². The van der Waals surface area contributed by atoms with Crippen molar-refractivity contribution in [2.75, 3.05) is 0 Å². The van der Waals surface area contributed by atoms with Crippen molar-refractivity contribution in [3.63, 3.8) is 0 Å². The standard InChI is InChI=1S/C16H19NO/c1-11-4-3-9-16(11,18)14-7-8-15-13(10-14)6-5-12(2)17-15/h5-8,10-11,18H,3-4,9H2,1-2H3. The zero-order valence-electron chi connectivity index (χ0n) is 11.0. The molecule has 2 heteroatoms. The van der Waals surface area contributed by atoms with Crippen LogP contribution in [0.15, 0.2) is 30.3 Å². The first-order valence-electron chi connectivity index (χ1n) is 6.70. The Hall–Kier alpha value is -1.41. The molecule has 1 fully saturated rings. The number of rotatable bonds is 1. The van der Waals surface area contributed by atoms with Gasteiger partial charge in [0.2, 0.25) is 0 Å². The molecule has 18 heavy (non-hydrogen) atoms. The summed E-state index contributed by atoms with van der Waals surface area (Å²) in [6.07, 6.45) is 3.10. The van der Waals surface area contributed by atoms with E-state index in [-0.39, 0.29) is 0 Å². The van der Waals surface area contributed by atoms with Gasteiger partial charge in [-0.1, -0.05) is 19.1 Å². The lowest BCUT2D eigenvalue weighted by Gasteiger charge is -2.28. The number of benzene rings is 1. The van der Waals surface area contributed by atoms with Crippen molar-refractivity contribution in [3.05, 3.63) is 41.6 Å². The fourth-order valence-electron chi connectivity index (χ4n) is 3.09. The second-order valence-electron chi connectivity index (χ2n) is 5.58. The minimum Gasteiger partial charge on any atom is -0.385 e. The lowest BCUT2D eigenvalue weighted by molar-refractivity contribution is 0.00461. The van der Waals surface area contributed by atoms with Crippen LogP contribution in [0.1, 0.15) is 37.4 Å². The summed E-state index contributed by atoms with van der Waals surface area (Å²) in [7, 11) is 0. The van der Waals surface area contributed by atoms with Gasteiger partial charge in [-0.25, -0.2) is 0 Å². The first kappa shape index (κ1) is 11.7. The highest BCUT2D eigenvalue weighted by molar-refractivity contribution is 5.79. The fraction of sp³-hybridized carbons (Fsp3) is 0.438. The van der Waals surface area contributed by atoms with E-state index in [1.165, 1.54) is 0 Å². The molecule has 2 atom stereocenters. The second kappa shape index (κ2) is 4.06. The summed E-state index contributed by atoms with van der Waals surface area (Å²) in [6, 6.07) is 10.3. The Morgan fingerprint density at radius 2 is 2.11 bits per heavy atom. The molecule has 0 amide bonds. The smallest absolute Gasteiger partial charge is 0.0922 e. The average Bonchev–Trinajstić information content (AvgIpc) is 2.70. The van der Waals surface area contributed by atoms with E-state index in [9.17, 15) is 5.11 Å². The zero-order valence-corrected chi connectivity index (χ0v) is 11.0. The molecule has 1 N–H and O–H groups in total. The van der Waals surface area contributed by atoms with Crippen LogP contribution < -0.4 is 0 Å². The summed E-state index contributed by atoms with van der Waals surface area (Å²) in [4.78, 5) is 4.50. The molecular formula is C16H19NO. The Morgan fingerprint density at radius 1 is 1.28 bits per heavy atom. The predicted octanol–water partition coefficient (Wildman–Crippen LogP) is 3.55. The lowest BCUT2D eigenvalue weighted by atomic mass is 9.84. The van der Waals surface area contributed by atoms with Crippen molar-refractivity contribution in [1.29, 1.82) is 0 Å². The maximum absolute atomic E-state index is 10.8. The van der Waals surface area contributed by atoms with Crippen LogP contribution in [0.4, 0.5) is 0 Å². The van der Waals surface area contributed by atoms with Gasteiger partial charge in [0.05, 0.1) is 11.1 Å². The quantitative estimate of drug-likeness (QED) is 0.828. The number of hydrogen-bond donors (Lipinski definition) is 1. The summed E-state index contributed by atoms with van der Waals surface area (Å²) in [5.41, 5.74) is 2.45. The Bertz CT molecular complexity index is 593. The zero-order chi connectivity index (χ0) is 12.8. The van der Waals surface area contributed by atoms with Crippen LogP contribution in [-0.2, 0) is 5.60 Å². The summed E-state index contributed by atoms with van der Waals surface area (Å²) in [6.45, 7) is 4.14. The third-order valence-corrected chi connectivity index (χ3v) is 4.34. The van der Waals surface area contributed by atoms with Gasteiger partial charge < -0.3 is 5.11 Å². The SMILES string of the molecule is Cc1ccc2cc(C3(O)CCCC3C)ccc2n1. The summed E-state index contributed by atoms with van der Waals surface area (Å²) in [5.74, 6) is 0.341. The van der Waals surface area contributed by atoms with Gasteiger partial charge in [0.15, 0.2) is 0 Å². The van der Waals surface area contributed by atoms with Crippen molar-refractivity contribution in [2.45, 2.75) is 38.7 Å². The molecule has 0 spiro atoms. The topological polar surface area (TPSA) is 33.1 Å². The van der Waals surface area contributed by atoms with Gasteiger partial charge >= 0.3 is 0 Å². The van der Waals surface area contributed by atoms with Crippen molar-refractivity contribution in [3.8, 4) is 0 Å². The van der Waals surface area contributed by atoms with Crippen molar-refractivity contribution in [1.82, 2.24) is 4.98 Å². The van der Waals surface area contributed by atoms with Crippen molar-refractivity contribution in [2.24, 2.45) is 5.92 Å². The Labute approximate surface area is 108 Å². The lowest BCUT2D eigenvalue weighted by Crippen LogP contribution is -2.28. The minimum absolute atomic E-state index is 0.341. The molecular weight excluding hydrogens is 222 g/mol. The largest absolute Gasteiger partial charge is 0.385 e. The molecule has 1 aromatic carbocycles. The highest BCUT2D eigenvalue weighted by atomic mass is 16.3. The van der Waals surface area contributed by atoms with Crippen molar-refractivity contribution >= 4 is 10.9 Å². The van der Waals surface area contributed by atoms with E-state index in [1.807, 2.05) is 25.1 Å². The molecule has 0 bridgehead atoms. The predicted molar refractivity (Wildman–Crippen MR) is 73.4 cm³/mol. The molecule has 1 aliphatic rings. The molecule has 1 saturated carbocycles. The van der Waals surface area contributed by atoms with Gasteiger partial charge in [-0.15, -0.1) is 0 Å². The summed E-state index contributed by atoms with van der Waals surface area (Å²) >= 11 is 0. The third-order valence-electron chi connectivity index (χ3n) is 4.34. The van der Waals surface area contributed by atoms with E-state index in [2.05, 4.69) is 24.0 Å². The maximum Gasteiger partial charge on any atom is 0.0922 e. The fourth-order valence-corrected chi connectivity index (χ4v) is 3.09. The molecule has 0 radical (unpaired) electrons. The Kier molecular flexibility index (Phi) is 2.63. The van der Waals surface area contributed by atoms with E-state index in [1.54, 1.807) is 0 Å². The van der Waals surface area contributed by atoms with Gasteiger partial charge in [0.1, 0.15) is 0 Å². The molecule has 1 aliphatic carbocycles. The van der Waals surface area contributed by atoms with Crippen molar-refractivity contribution < 1.29 is 5.11 Å². The highest BCUT2D eigenvalue weighted by Gasteiger charge is 2.39. The number of nitrogens with zero attached hydrogens (tertiary/aromatic N) is 1. The highest BCUT2D eigenvalue weighted by Crippen LogP contribution is 2.43. The van der Waals surface area contributed by atoms with Crippen LogP contribution in [0.5, 0.6) is 0 Å². The van der Waals surface area contributed by atoms with E-state index in [0.29, 0.717) is 5.92 Å². The number of aromatic nitrogens is 1. The van der Waals surface area contributed by atoms with Gasteiger partial charge in [0.25, 0.3) is 0 Å². The van der Waals surface area contributed by atoms with Crippen LogP contribution in [0, 0.1) is 12.8 Å². The van der Waals surface area contributed by atoms with Crippen LogP contribution in [-0.4, -0.2) is 10.1 Å². The molecule has 2 aromatic rings. The molecule has 2 nitrogen and oxygen atoms in total. The van der Waals surface area contributed by atoms with E-state index in [0.717, 1.165) is 41.4 Å². The van der Waals surface area contributed by atoms with E-state index in [4.69, 9.17) is 0 Å². The van der Waals surface area contributed by atoms with Gasteiger partial charge in [-0.2, -0.15) is 0 Å². The molecule has 1 aromatic heterocycles. The Balaban J connectivity index is 2.11. The van der Waals surface area contributed by atoms with Gasteiger partial charge in [0, 0.05) is 11.1 Å². The van der Waals surface area contributed by atoms with E-state index < -0.39 is 5.60 Å². The molecule has 3 rings (SSSR count). The minimum atomic E-state index is -0.640. The van der Waals surface area contributed by atoms with Gasteiger partial charge in [-0.05, 0) is 55.9 Å². The molecule has 0 aliphatic heterocycles. The van der Waals surface area contributed by atoms with Crippen LogP contribution >= 0.6 is 0 Å². The number of fused-ring (bicyclic) bond motifs is 1. The molecule has 1 heterocycles. The van der Waals surface area contributed by atoms with Crippen LogP contribution in [0.3, 0.4) is 0 Å². The summed E-state index contributed by atoms with van der Waals surface area (Å²) in [5, 5.41) is 11.9. The number of hydrogen-bond acceptors (Lipinski definition) is 2. The van der Waals surface area contributed by atoms with Gasteiger partial charge in [-0.3, -0.25) is 4.98 Å². The monoisotopic (exact) mass is 241 g/mol. The first-order chi connectivity index (χ1) is 8.59. The third kappa shape index (κ3) is 1.72. The van der Waals surface area contributed by atoms with Crippen LogP contribution in [0.2, 0.25) is 0 Å². The average molecular weight is 241 g/mol.